The van der Waals surface area contributed by atoms with Crippen molar-refractivity contribution in [3.63, 3.8) is 0 Å². The predicted octanol–water partition coefficient (Wildman–Crippen LogP) is 7.24. The normalized spacial score (nSPS) is 11.5. The molecule has 2 nitrogen and oxygen atoms in total. The van der Waals surface area contributed by atoms with E-state index in [1.165, 1.54) is 83.5 Å². The molecule has 0 radical (unpaired) electrons. The van der Waals surface area contributed by atoms with Crippen LogP contribution in [-0.2, 0) is 9.47 Å². The number of hydrogen-bond acceptors (Lipinski definition) is 2. The first-order chi connectivity index (χ1) is 11.3. The van der Waals surface area contributed by atoms with Gasteiger partial charge in [-0.25, -0.2) is 0 Å². The molecule has 0 atom stereocenters. The van der Waals surface area contributed by atoms with Gasteiger partial charge in [0.05, 0.1) is 0 Å². The number of hydrogen-bond donors (Lipinski definition) is 0. The minimum atomic E-state index is 0.0365. The second kappa shape index (κ2) is 20.4. The lowest BCUT2D eigenvalue weighted by Crippen LogP contribution is -2.19. The zero-order valence-corrected chi connectivity index (χ0v) is 17.4. The van der Waals surface area contributed by atoms with E-state index in [1.54, 1.807) is 0 Å². The molecule has 0 amide bonds. The lowest BCUT2D eigenvalue weighted by molar-refractivity contribution is -0.148. The van der Waals surface area contributed by atoms with Gasteiger partial charge in [-0.1, -0.05) is 87.6 Å². The fourth-order valence-electron chi connectivity index (χ4n) is 2.64. The summed E-state index contributed by atoms with van der Waals surface area (Å²) in [6, 6.07) is 0. The molecule has 0 spiro atoms. The van der Waals surface area contributed by atoms with Crippen LogP contribution in [0.4, 0.5) is 0 Å². The van der Waals surface area contributed by atoms with Gasteiger partial charge in [0.15, 0.2) is 6.29 Å². The van der Waals surface area contributed by atoms with Gasteiger partial charge >= 0.3 is 0 Å². The first kappa shape index (κ1) is 23.4. The van der Waals surface area contributed by atoms with Crippen LogP contribution < -0.4 is 0 Å². The summed E-state index contributed by atoms with van der Waals surface area (Å²) in [7, 11) is 0. The molecule has 0 aliphatic rings. The van der Waals surface area contributed by atoms with Crippen LogP contribution in [0.3, 0.4) is 0 Å². The lowest BCUT2D eigenvalue weighted by Gasteiger charge is -2.19. The van der Waals surface area contributed by atoms with Crippen molar-refractivity contribution in [1.29, 1.82) is 0 Å². The molecule has 0 heterocycles. The summed E-state index contributed by atoms with van der Waals surface area (Å²) >= 11 is 3.49. The molecule has 0 aromatic carbocycles. The SMILES string of the molecule is CCCCCCOC(CCCCCCCBr)OCCCCCC. The Kier molecular flexibility index (Phi) is 20.8. The molecule has 3 heteroatoms. The third-order valence-electron chi connectivity index (χ3n) is 4.18. The van der Waals surface area contributed by atoms with Gasteiger partial charge in [-0.2, -0.15) is 0 Å². The van der Waals surface area contributed by atoms with E-state index in [-0.39, 0.29) is 6.29 Å². The van der Waals surface area contributed by atoms with Crippen molar-refractivity contribution in [2.45, 2.75) is 110 Å². The van der Waals surface area contributed by atoms with Crippen LogP contribution in [0.25, 0.3) is 0 Å². The number of alkyl halides is 1. The average molecular weight is 393 g/mol. The second-order valence-corrected chi connectivity index (χ2v) is 7.33. The van der Waals surface area contributed by atoms with Gasteiger partial charge in [0.1, 0.15) is 0 Å². The average Bonchev–Trinajstić information content (AvgIpc) is 2.56. The van der Waals surface area contributed by atoms with Crippen LogP contribution in [0.15, 0.2) is 0 Å². The first-order valence-electron chi connectivity index (χ1n) is 10.1. The van der Waals surface area contributed by atoms with Crippen molar-refractivity contribution in [3.05, 3.63) is 0 Å². The topological polar surface area (TPSA) is 18.5 Å². The van der Waals surface area contributed by atoms with Crippen molar-refractivity contribution in [3.8, 4) is 0 Å². The van der Waals surface area contributed by atoms with Gasteiger partial charge in [-0.05, 0) is 32.1 Å². The highest BCUT2D eigenvalue weighted by atomic mass is 79.9. The number of rotatable bonds is 19. The van der Waals surface area contributed by atoms with Gasteiger partial charge < -0.3 is 9.47 Å². The molecule has 0 aromatic heterocycles. The first-order valence-corrected chi connectivity index (χ1v) is 11.3. The summed E-state index contributed by atoms with van der Waals surface area (Å²) in [6.07, 6.45) is 17.7. The Hall–Kier alpha value is 0.400. The summed E-state index contributed by atoms with van der Waals surface area (Å²) in [5.74, 6) is 0. The van der Waals surface area contributed by atoms with Gasteiger partial charge in [-0.3, -0.25) is 0 Å². The third-order valence-corrected chi connectivity index (χ3v) is 4.74. The molecular formula is C20H41BrO2. The summed E-state index contributed by atoms with van der Waals surface area (Å²) < 4.78 is 12.0. The highest BCUT2D eigenvalue weighted by Crippen LogP contribution is 2.13. The largest absolute Gasteiger partial charge is 0.353 e. The predicted molar refractivity (Wildman–Crippen MR) is 105 cm³/mol. The zero-order chi connectivity index (χ0) is 17.0. The van der Waals surface area contributed by atoms with E-state index in [9.17, 15) is 0 Å². The van der Waals surface area contributed by atoms with Crippen molar-refractivity contribution in [1.82, 2.24) is 0 Å². The van der Waals surface area contributed by atoms with Gasteiger partial charge in [0, 0.05) is 18.5 Å². The second-order valence-electron chi connectivity index (χ2n) is 6.54. The maximum atomic E-state index is 5.99. The van der Waals surface area contributed by atoms with Crippen LogP contribution in [0.5, 0.6) is 0 Å². The number of unbranched alkanes of at least 4 members (excludes halogenated alkanes) is 10. The highest BCUT2D eigenvalue weighted by molar-refractivity contribution is 9.09. The van der Waals surface area contributed by atoms with Gasteiger partial charge in [-0.15, -0.1) is 0 Å². The number of ether oxygens (including phenoxy) is 2. The monoisotopic (exact) mass is 392 g/mol. The Morgan fingerprint density at radius 3 is 1.61 bits per heavy atom. The summed E-state index contributed by atoms with van der Waals surface area (Å²) in [5, 5.41) is 1.14. The maximum Gasteiger partial charge on any atom is 0.157 e. The van der Waals surface area contributed by atoms with E-state index in [0.717, 1.165) is 25.0 Å². The van der Waals surface area contributed by atoms with E-state index in [1.807, 2.05) is 0 Å². The van der Waals surface area contributed by atoms with Crippen molar-refractivity contribution >= 4 is 15.9 Å². The molecule has 0 aliphatic heterocycles. The van der Waals surface area contributed by atoms with Gasteiger partial charge in [0.25, 0.3) is 0 Å². The van der Waals surface area contributed by atoms with Gasteiger partial charge in [0.2, 0.25) is 0 Å². The summed E-state index contributed by atoms with van der Waals surface area (Å²) in [6.45, 7) is 6.23. The molecule has 0 saturated carbocycles. The number of halogens is 1. The Balaban J connectivity index is 3.73. The van der Waals surface area contributed by atoms with Crippen LogP contribution in [0.1, 0.15) is 104 Å². The van der Waals surface area contributed by atoms with E-state index in [2.05, 4.69) is 29.8 Å². The maximum absolute atomic E-state index is 5.99. The fraction of sp³-hybridized carbons (Fsp3) is 1.00. The van der Waals surface area contributed by atoms with Crippen LogP contribution in [0.2, 0.25) is 0 Å². The summed E-state index contributed by atoms with van der Waals surface area (Å²) in [4.78, 5) is 0. The fourth-order valence-corrected chi connectivity index (χ4v) is 3.03. The third kappa shape index (κ3) is 18.6. The minimum absolute atomic E-state index is 0.0365. The smallest absolute Gasteiger partial charge is 0.157 e. The summed E-state index contributed by atoms with van der Waals surface area (Å²) in [5.41, 5.74) is 0. The molecule has 0 fully saturated rings. The molecule has 0 aromatic rings. The standard InChI is InChI=1S/C20H41BrO2/c1-3-5-7-14-18-22-20(23-19-15-8-6-4-2)16-12-10-9-11-13-17-21/h20H,3-19H2,1-2H3. The molecule has 23 heavy (non-hydrogen) atoms. The highest BCUT2D eigenvalue weighted by Gasteiger charge is 2.09. The zero-order valence-electron chi connectivity index (χ0n) is 15.8. The van der Waals surface area contributed by atoms with E-state index < -0.39 is 0 Å². The Morgan fingerprint density at radius 1 is 0.609 bits per heavy atom. The van der Waals surface area contributed by atoms with Crippen LogP contribution >= 0.6 is 15.9 Å². The molecule has 140 valence electrons. The Labute approximate surface area is 154 Å². The van der Waals surface area contributed by atoms with Crippen molar-refractivity contribution < 1.29 is 9.47 Å². The van der Waals surface area contributed by atoms with Crippen molar-refractivity contribution in [2.24, 2.45) is 0 Å². The molecule has 0 bridgehead atoms. The molecule has 0 N–H and O–H groups in total. The van der Waals surface area contributed by atoms with Crippen molar-refractivity contribution in [2.75, 3.05) is 18.5 Å². The quantitative estimate of drug-likeness (QED) is 0.131. The Bertz CT molecular complexity index is 198. The van der Waals surface area contributed by atoms with E-state index in [4.69, 9.17) is 9.47 Å². The van der Waals surface area contributed by atoms with E-state index in [0.29, 0.717) is 0 Å². The van der Waals surface area contributed by atoms with Crippen LogP contribution in [0, 0.1) is 0 Å². The van der Waals surface area contributed by atoms with E-state index >= 15 is 0 Å². The van der Waals surface area contributed by atoms with Crippen LogP contribution in [-0.4, -0.2) is 24.8 Å². The Morgan fingerprint density at radius 2 is 1.09 bits per heavy atom. The lowest BCUT2D eigenvalue weighted by atomic mass is 10.1. The molecular weight excluding hydrogens is 352 g/mol. The minimum Gasteiger partial charge on any atom is -0.353 e. The molecule has 0 saturated heterocycles. The molecule has 0 aliphatic carbocycles. The molecule has 0 unspecified atom stereocenters. The molecule has 0 rings (SSSR count).